The number of carbonyl (C=O) groups excluding carboxylic acids is 3. The summed E-state index contributed by atoms with van der Waals surface area (Å²) in [5, 5.41) is 7.20. The number of nitrogens with one attached hydrogen (secondary N) is 2. The average molecular weight is 312 g/mol. The van der Waals surface area contributed by atoms with Crippen molar-refractivity contribution in [1.29, 1.82) is 0 Å². The first kappa shape index (κ1) is 17.2. The smallest absolute Gasteiger partial charge is 0.305 e. The first-order chi connectivity index (χ1) is 10.1. The number of thiophene rings is 1. The van der Waals surface area contributed by atoms with Crippen molar-refractivity contribution in [2.45, 2.75) is 26.2 Å². The molecule has 0 aromatic carbocycles. The number of ether oxygens (including phenoxy) is 1. The molecule has 0 aliphatic carbocycles. The maximum absolute atomic E-state index is 11.6. The van der Waals surface area contributed by atoms with E-state index >= 15 is 0 Å². The van der Waals surface area contributed by atoms with Crippen LogP contribution in [0, 0.1) is 0 Å². The topological polar surface area (TPSA) is 84.5 Å². The molecule has 116 valence electrons. The van der Waals surface area contributed by atoms with Gasteiger partial charge in [-0.25, -0.2) is 0 Å². The highest BCUT2D eigenvalue weighted by Gasteiger charge is 2.07. The van der Waals surface area contributed by atoms with Gasteiger partial charge in [0.15, 0.2) is 0 Å². The lowest BCUT2D eigenvalue weighted by Gasteiger charge is -2.06. The summed E-state index contributed by atoms with van der Waals surface area (Å²) in [5.74, 6) is -0.569. The normalized spacial score (nSPS) is 9.95. The highest BCUT2D eigenvalue weighted by molar-refractivity contribution is 7.12. The third kappa shape index (κ3) is 7.45. The third-order valence-electron chi connectivity index (χ3n) is 2.57. The second-order valence-electron chi connectivity index (χ2n) is 4.24. The molecule has 0 fully saturated rings. The Labute approximate surface area is 127 Å². The molecule has 21 heavy (non-hydrogen) atoms. The fraction of sp³-hybridized carbons (Fsp3) is 0.500. The lowest BCUT2D eigenvalue weighted by molar-refractivity contribution is -0.143. The van der Waals surface area contributed by atoms with Crippen LogP contribution in [0.15, 0.2) is 17.5 Å². The Kier molecular flexibility index (Phi) is 8.11. The van der Waals surface area contributed by atoms with E-state index < -0.39 is 0 Å². The Morgan fingerprint density at radius 2 is 2.00 bits per heavy atom. The van der Waals surface area contributed by atoms with Gasteiger partial charge in [-0.15, -0.1) is 11.3 Å². The molecule has 0 aliphatic heterocycles. The van der Waals surface area contributed by atoms with Crippen molar-refractivity contribution < 1.29 is 19.1 Å². The summed E-state index contributed by atoms with van der Waals surface area (Å²) in [4.78, 5) is 34.8. The molecular formula is C14H20N2O4S. The zero-order valence-corrected chi connectivity index (χ0v) is 12.8. The predicted octanol–water partition coefficient (Wildman–Crippen LogP) is 1.33. The second-order valence-corrected chi connectivity index (χ2v) is 5.19. The number of carbonyl (C=O) groups is 3. The van der Waals surface area contributed by atoms with E-state index in [1.165, 1.54) is 11.3 Å². The number of esters is 1. The van der Waals surface area contributed by atoms with E-state index in [1.807, 2.05) is 5.38 Å². The summed E-state index contributed by atoms with van der Waals surface area (Å²) in [6, 6.07) is 3.53. The number of amides is 2. The van der Waals surface area contributed by atoms with Crippen LogP contribution in [0.3, 0.4) is 0 Å². The first-order valence-corrected chi connectivity index (χ1v) is 7.75. The van der Waals surface area contributed by atoms with Crippen molar-refractivity contribution in [2.75, 3.05) is 19.7 Å². The number of hydrogen-bond donors (Lipinski definition) is 2. The molecule has 0 radical (unpaired) electrons. The molecule has 7 heteroatoms. The molecule has 0 unspecified atom stereocenters. The molecule has 1 heterocycles. The lowest BCUT2D eigenvalue weighted by atomic mass is 10.3. The van der Waals surface area contributed by atoms with Gasteiger partial charge in [0.2, 0.25) is 5.91 Å². The van der Waals surface area contributed by atoms with Crippen molar-refractivity contribution in [3.8, 4) is 0 Å². The monoisotopic (exact) mass is 312 g/mol. The van der Waals surface area contributed by atoms with Crippen LogP contribution in [0.25, 0.3) is 0 Å². The summed E-state index contributed by atoms with van der Waals surface area (Å²) in [6.07, 6.45) is 1.06. The summed E-state index contributed by atoms with van der Waals surface area (Å²) in [6.45, 7) is 2.84. The van der Waals surface area contributed by atoms with Crippen molar-refractivity contribution >= 4 is 29.1 Å². The second kappa shape index (κ2) is 9.93. The zero-order valence-electron chi connectivity index (χ0n) is 12.0. The molecule has 6 nitrogen and oxygen atoms in total. The van der Waals surface area contributed by atoms with E-state index in [-0.39, 0.29) is 24.2 Å². The molecule has 0 atom stereocenters. The van der Waals surface area contributed by atoms with Gasteiger partial charge in [-0.1, -0.05) is 6.07 Å². The summed E-state index contributed by atoms with van der Waals surface area (Å²) >= 11 is 1.36. The van der Waals surface area contributed by atoms with Crippen LogP contribution in [0.2, 0.25) is 0 Å². The first-order valence-electron chi connectivity index (χ1n) is 6.87. The molecule has 0 saturated heterocycles. The number of hydrogen-bond acceptors (Lipinski definition) is 5. The van der Waals surface area contributed by atoms with Gasteiger partial charge in [-0.05, 0) is 24.8 Å². The van der Waals surface area contributed by atoms with Crippen LogP contribution in [-0.4, -0.2) is 37.5 Å². The third-order valence-corrected chi connectivity index (χ3v) is 3.44. The minimum absolute atomic E-state index is 0.148. The minimum atomic E-state index is -0.255. The fourth-order valence-electron chi connectivity index (χ4n) is 1.57. The molecular weight excluding hydrogens is 292 g/mol. The van der Waals surface area contributed by atoms with Gasteiger partial charge in [-0.3, -0.25) is 14.4 Å². The van der Waals surface area contributed by atoms with Crippen molar-refractivity contribution in [3.63, 3.8) is 0 Å². The SMILES string of the molecule is CCOC(=O)CCCNC(=O)CCNC(=O)c1cccs1. The molecule has 1 rings (SSSR count). The Hall–Kier alpha value is -1.89. The quantitative estimate of drug-likeness (QED) is 0.532. The number of rotatable bonds is 9. The lowest BCUT2D eigenvalue weighted by Crippen LogP contribution is -2.31. The largest absolute Gasteiger partial charge is 0.466 e. The maximum Gasteiger partial charge on any atom is 0.305 e. The van der Waals surface area contributed by atoms with E-state index in [1.54, 1.807) is 19.1 Å². The van der Waals surface area contributed by atoms with Crippen LogP contribution in [0.1, 0.15) is 35.9 Å². The Morgan fingerprint density at radius 3 is 2.67 bits per heavy atom. The summed E-state index contributed by atoms with van der Waals surface area (Å²) in [5.41, 5.74) is 0. The van der Waals surface area contributed by atoms with Crippen molar-refractivity contribution in [1.82, 2.24) is 10.6 Å². The molecule has 2 N–H and O–H groups in total. The fourth-order valence-corrected chi connectivity index (χ4v) is 2.21. The van der Waals surface area contributed by atoms with Crippen LogP contribution >= 0.6 is 11.3 Å². The van der Waals surface area contributed by atoms with Crippen LogP contribution in [-0.2, 0) is 14.3 Å². The molecule has 2 amide bonds. The highest BCUT2D eigenvalue weighted by Crippen LogP contribution is 2.07. The summed E-state index contributed by atoms with van der Waals surface area (Å²) < 4.78 is 4.78. The highest BCUT2D eigenvalue weighted by atomic mass is 32.1. The summed E-state index contributed by atoms with van der Waals surface area (Å²) in [7, 11) is 0. The van der Waals surface area contributed by atoms with Gasteiger partial charge in [-0.2, -0.15) is 0 Å². The molecule has 0 aliphatic rings. The molecule has 1 aromatic heterocycles. The molecule has 0 saturated carbocycles. The van der Waals surface area contributed by atoms with E-state index in [0.29, 0.717) is 37.4 Å². The Balaban J connectivity index is 2.04. The van der Waals surface area contributed by atoms with Gasteiger partial charge in [0.1, 0.15) is 0 Å². The van der Waals surface area contributed by atoms with E-state index in [0.717, 1.165) is 0 Å². The van der Waals surface area contributed by atoms with Gasteiger partial charge >= 0.3 is 5.97 Å². The van der Waals surface area contributed by atoms with Gasteiger partial charge in [0.25, 0.3) is 5.91 Å². The average Bonchev–Trinajstić information content (AvgIpc) is 2.98. The van der Waals surface area contributed by atoms with E-state index in [9.17, 15) is 14.4 Å². The van der Waals surface area contributed by atoms with Gasteiger partial charge in [0, 0.05) is 25.9 Å². The molecule has 0 spiro atoms. The Morgan fingerprint density at radius 1 is 1.19 bits per heavy atom. The molecule has 1 aromatic rings. The predicted molar refractivity (Wildman–Crippen MR) is 80.1 cm³/mol. The van der Waals surface area contributed by atoms with E-state index in [2.05, 4.69) is 10.6 Å². The van der Waals surface area contributed by atoms with E-state index in [4.69, 9.17) is 4.74 Å². The van der Waals surface area contributed by atoms with Crippen LogP contribution in [0.4, 0.5) is 0 Å². The van der Waals surface area contributed by atoms with Crippen molar-refractivity contribution in [3.05, 3.63) is 22.4 Å². The Bertz CT molecular complexity index is 460. The van der Waals surface area contributed by atoms with Crippen molar-refractivity contribution in [2.24, 2.45) is 0 Å². The van der Waals surface area contributed by atoms with Crippen LogP contribution < -0.4 is 10.6 Å². The van der Waals surface area contributed by atoms with Gasteiger partial charge in [0.05, 0.1) is 11.5 Å². The standard InChI is InChI=1S/C14H20N2O4S/c1-2-20-13(18)6-3-8-15-12(17)7-9-16-14(19)11-5-4-10-21-11/h4-5,10H,2-3,6-9H2,1H3,(H,15,17)(H,16,19). The maximum atomic E-state index is 11.6. The zero-order chi connectivity index (χ0) is 15.5. The van der Waals surface area contributed by atoms with Crippen LogP contribution in [0.5, 0.6) is 0 Å². The van der Waals surface area contributed by atoms with Gasteiger partial charge < -0.3 is 15.4 Å². The molecule has 0 bridgehead atoms. The minimum Gasteiger partial charge on any atom is -0.466 e.